The van der Waals surface area contributed by atoms with Crippen molar-refractivity contribution in [3.8, 4) is 11.5 Å². The lowest BCUT2D eigenvalue weighted by atomic mass is 10.0. The van der Waals surface area contributed by atoms with Gasteiger partial charge in [0.2, 0.25) is 11.8 Å². The van der Waals surface area contributed by atoms with Gasteiger partial charge in [-0.05, 0) is 69.6 Å². The maximum Gasteiger partial charge on any atom is 0.408 e. The number of carboxylic acid groups (broad SMARTS) is 1. The number of ether oxygens (including phenoxy) is 3. The van der Waals surface area contributed by atoms with E-state index in [-0.39, 0.29) is 31.4 Å². The molecule has 2 saturated carbocycles. The molecule has 3 heterocycles. The van der Waals surface area contributed by atoms with Gasteiger partial charge < -0.3 is 39.7 Å². The Labute approximate surface area is 274 Å². The number of rotatable bonds is 6. The molecule has 13 nitrogen and oxygen atoms in total. The topological polar surface area (TPSA) is 165 Å². The van der Waals surface area contributed by atoms with Gasteiger partial charge in [0, 0.05) is 24.3 Å². The van der Waals surface area contributed by atoms with Crippen LogP contribution >= 0.6 is 0 Å². The summed E-state index contributed by atoms with van der Waals surface area (Å²) in [7, 11) is 1.57. The van der Waals surface area contributed by atoms with Crippen LogP contribution < -0.4 is 20.1 Å². The van der Waals surface area contributed by atoms with E-state index in [1.807, 2.05) is 24.3 Å². The van der Waals surface area contributed by atoms with E-state index in [0.717, 1.165) is 50.5 Å². The monoisotopic (exact) mass is 652 g/mol. The van der Waals surface area contributed by atoms with Crippen molar-refractivity contribution in [1.82, 2.24) is 15.5 Å². The highest BCUT2D eigenvalue weighted by atomic mass is 16.6. The highest BCUT2D eigenvalue weighted by Gasteiger charge is 2.61. The van der Waals surface area contributed by atoms with Crippen molar-refractivity contribution >= 4 is 29.6 Å². The first-order chi connectivity index (χ1) is 22.8. The van der Waals surface area contributed by atoms with Crippen LogP contribution in [0.4, 0.5) is 4.79 Å². The van der Waals surface area contributed by atoms with Gasteiger partial charge in [-0.2, -0.15) is 0 Å². The molecular weight excluding hydrogens is 608 g/mol. The normalized spacial score (nSPS) is 31.2. The molecule has 0 radical (unpaired) electrons. The number of amides is 3. The molecule has 3 N–H and O–H groups in total. The minimum absolute atomic E-state index is 0.0361. The van der Waals surface area contributed by atoms with Crippen LogP contribution in [0.25, 0.3) is 0 Å². The predicted molar refractivity (Wildman–Crippen MR) is 169 cm³/mol. The summed E-state index contributed by atoms with van der Waals surface area (Å²) in [6, 6.07) is 3.49. The van der Waals surface area contributed by atoms with Crippen LogP contribution in [0, 0.1) is 5.92 Å². The molecule has 6 rings (SSSR count). The highest BCUT2D eigenvalue weighted by molar-refractivity contribution is 6.03. The number of alkyl carbamates (subject to hydrolysis) is 1. The Kier molecular flexibility index (Phi) is 9.88. The van der Waals surface area contributed by atoms with Gasteiger partial charge in [-0.15, -0.1) is 0 Å². The first-order valence-corrected chi connectivity index (χ1v) is 16.8. The average Bonchev–Trinajstić information content (AvgIpc) is 3.35. The lowest BCUT2D eigenvalue weighted by molar-refractivity contribution is -0.145. The zero-order valence-corrected chi connectivity index (χ0v) is 26.8. The van der Waals surface area contributed by atoms with Crippen molar-refractivity contribution in [3.05, 3.63) is 35.9 Å². The molecule has 0 unspecified atom stereocenters. The lowest BCUT2D eigenvalue weighted by Crippen LogP contribution is -2.56. The van der Waals surface area contributed by atoms with Crippen LogP contribution in [-0.4, -0.2) is 89.7 Å². The minimum atomic E-state index is -1.42. The van der Waals surface area contributed by atoms with E-state index >= 15 is 0 Å². The van der Waals surface area contributed by atoms with Crippen LogP contribution in [0.2, 0.25) is 0 Å². The van der Waals surface area contributed by atoms with Crippen molar-refractivity contribution in [3.63, 3.8) is 0 Å². The fourth-order valence-electron chi connectivity index (χ4n) is 7.08. The summed E-state index contributed by atoms with van der Waals surface area (Å²) in [5, 5.41) is 20.1. The SMILES string of the molecule is COc1ccc2c(c1)/C(=N/O[C@@H]1C[C@H]3C(=O)N[C@@]4(C(=O)O)C[C@@H]4/C=C\CCCCC[C@@H](NC(=O)OC4CCCC4)C(=O)N3C1)CCO2. The van der Waals surface area contributed by atoms with Crippen LogP contribution in [0.15, 0.2) is 35.5 Å². The Morgan fingerprint density at radius 2 is 1.91 bits per heavy atom. The van der Waals surface area contributed by atoms with E-state index in [1.165, 1.54) is 4.90 Å². The second kappa shape index (κ2) is 14.2. The van der Waals surface area contributed by atoms with E-state index in [0.29, 0.717) is 43.1 Å². The lowest BCUT2D eigenvalue weighted by Gasteiger charge is -2.29. The molecule has 5 atom stereocenters. The second-order valence-electron chi connectivity index (χ2n) is 13.1. The van der Waals surface area contributed by atoms with Gasteiger partial charge in [0.15, 0.2) is 0 Å². The number of oxime groups is 1. The number of aliphatic carboxylic acids is 1. The Bertz CT molecular complexity index is 1420. The van der Waals surface area contributed by atoms with Crippen molar-refractivity contribution in [1.29, 1.82) is 0 Å². The third-order valence-corrected chi connectivity index (χ3v) is 9.90. The summed E-state index contributed by atoms with van der Waals surface area (Å²) >= 11 is 0. The summed E-state index contributed by atoms with van der Waals surface area (Å²) < 4.78 is 16.7. The van der Waals surface area contributed by atoms with Gasteiger partial charge in [0.05, 0.1) is 26.0 Å². The molecule has 254 valence electrons. The molecule has 1 aromatic rings. The third kappa shape index (κ3) is 7.33. The zero-order chi connectivity index (χ0) is 33.0. The zero-order valence-electron chi connectivity index (χ0n) is 26.8. The number of methoxy groups -OCH3 is 1. The number of nitrogens with one attached hydrogen (secondary N) is 2. The van der Waals surface area contributed by atoms with E-state index in [9.17, 15) is 24.3 Å². The first kappa shape index (κ1) is 32.6. The molecule has 5 aliphatic rings. The molecular formula is C34H44N4O9. The number of hydrogen-bond donors (Lipinski definition) is 3. The van der Waals surface area contributed by atoms with Crippen molar-refractivity contribution in [2.45, 2.75) is 107 Å². The molecule has 1 aromatic carbocycles. The van der Waals surface area contributed by atoms with E-state index in [2.05, 4.69) is 15.8 Å². The summed E-state index contributed by atoms with van der Waals surface area (Å²) in [5.41, 5.74) is -0.0366. The van der Waals surface area contributed by atoms with Gasteiger partial charge in [-0.1, -0.05) is 30.1 Å². The molecule has 3 aliphatic heterocycles. The summed E-state index contributed by atoms with van der Waals surface area (Å²) in [6.45, 7) is 0.452. The maximum atomic E-state index is 14.2. The quantitative estimate of drug-likeness (QED) is 0.307. The molecule has 2 aliphatic carbocycles. The minimum Gasteiger partial charge on any atom is -0.497 e. The van der Waals surface area contributed by atoms with Gasteiger partial charge >= 0.3 is 12.1 Å². The second-order valence-corrected chi connectivity index (χ2v) is 13.1. The Hall–Kier alpha value is -4.29. The van der Waals surface area contributed by atoms with Gasteiger partial charge in [0.1, 0.15) is 41.3 Å². The van der Waals surface area contributed by atoms with Crippen molar-refractivity contribution in [2.24, 2.45) is 11.1 Å². The number of fused-ring (bicyclic) bond motifs is 3. The largest absolute Gasteiger partial charge is 0.497 e. The van der Waals surface area contributed by atoms with E-state index < -0.39 is 47.6 Å². The molecule has 13 heteroatoms. The van der Waals surface area contributed by atoms with E-state index in [4.69, 9.17) is 19.0 Å². The van der Waals surface area contributed by atoms with Gasteiger partial charge in [-0.25, -0.2) is 9.59 Å². The van der Waals surface area contributed by atoms with Crippen LogP contribution in [-0.2, 0) is 24.0 Å². The van der Waals surface area contributed by atoms with Gasteiger partial charge in [0.25, 0.3) is 0 Å². The summed E-state index contributed by atoms with van der Waals surface area (Å²) in [6.07, 6.45) is 10.3. The Morgan fingerprint density at radius 3 is 2.70 bits per heavy atom. The highest BCUT2D eigenvalue weighted by Crippen LogP contribution is 2.45. The molecule has 3 fully saturated rings. The summed E-state index contributed by atoms with van der Waals surface area (Å²) in [5.74, 6) is -1.15. The number of hydrogen-bond acceptors (Lipinski definition) is 9. The maximum absolute atomic E-state index is 14.2. The molecule has 3 amide bonds. The van der Waals surface area contributed by atoms with Crippen LogP contribution in [0.3, 0.4) is 0 Å². The number of allylic oxidation sites excluding steroid dienone is 1. The number of benzene rings is 1. The number of nitrogens with zero attached hydrogens (tertiary/aromatic N) is 2. The van der Waals surface area contributed by atoms with Crippen LogP contribution in [0.5, 0.6) is 11.5 Å². The number of carbonyl (C=O) groups is 4. The third-order valence-electron chi connectivity index (χ3n) is 9.90. The number of carbonyl (C=O) groups excluding carboxylic acids is 3. The Morgan fingerprint density at radius 1 is 1.11 bits per heavy atom. The predicted octanol–water partition coefficient (Wildman–Crippen LogP) is 3.69. The molecule has 0 bridgehead atoms. The van der Waals surface area contributed by atoms with Gasteiger partial charge in [-0.3, -0.25) is 9.59 Å². The first-order valence-electron chi connectivity index (χ1n) is 16.8. The van der Waals surface area contributed by atoms with Crippen molar-refractivity contribution < 1.29 is 43.3 Å². The molecule has 47 heavy (non-hydrogen) atoms. The molecule has 1 saturated heterocycles. The fraction of sp³-hybridized carbons (Fsp3) is 0.618. The smallest absolute Gasteiger partial charge is 0.408 e. The average molecular weight is 653 g/mol. The molecule has 0 spiro atoms. The standard InChI is InChI=1S/C34H44N4O9/c1-44-23-13-14-29-25(17-23)26(15-16-45-29)37-47-24-18-28-30(39)36-34(32(41)42)19-21(34)9-5-3-2-4-6-12-27(31(40)38(28)20-24)35-33(43)46-22-10-7-8-11-22/h5,9,13-14,17,21-22,24,27-28H,2-4,6-8,10-12,15-16,18-20H2,1H3,(H,35,43)(H,36,39)(H,41,42)/b9-5-,37-26+/t21-,24+,27+,28-,34-/m0/s1. The number of carboxylic acids is 1. The Balaban J connectivity index is 1.24. The molecule has 0 aromatic heterocycles. The van der Waals surface area contributed by atoms with Crippen LogP contribution in [0.1, 0.15) is 82.6 Å². The summed E-state index contributed by atoms with van der Waals surface area (Å²) in [4.78, 5) is 60.7. The fourth-order valence-corrected chi connectivity index (χ4v) is 7.08. The van der Waals surface area contributed by atoms with Crippen molar-refractivity contribution in [2.75, 3.05) is 20.3 Å². The van der Waals surface area contributed by atoms with E-state index in [1.54, 1.807) is 13.2 Å².